The number of carbonyl (C=O) groups is 1. The van der Waals surface area contributed by atoms with Gasteiger partial charge in [0.15, 0.2) is 0 Å². The summed E-state index contributed by atoms with van der Waals surface area (Å²) in [5.74, 6) is 0.954. The van der Waals surface area contributed by atoms with Gasteiger partial charge in [0, 0.05) is 12.1 Å². The van der Waals surface area contributed by atoms with Gasteiger partial charge in [-0.15, -0.1) is 0 Å². The number of furan rings is 1. The van der Waals surface area contributed by atoms with Gasteiger partial charge in [0.2, 0.25) is 0 Å². The van der Waals surface area contributed by atoms with Crippen molar-refractivity contribution in [2.24, 2.45) is 0 Å². The third-order valence-corrected chi connectivity index (χ3v) is 3.26. The van der Waals surface area contributed by atoms with Gasteiger partial charge in [0.1, 0.15) is 11.5 Å². The number of nitrogens with zero attached hydrogens (tertiary/aromatic N) is 1. The average Bonchev–Trinajstić information content (AvgIpc) is 2.85. The maximum Gasteiger partial charge on any atom is 0.270 e. The minimum atomic E-state index is -0.568. The van der Waals surface area contributed by atoms with E-state index in [2.05, 4.69) is 5.32 Å². The van der Waals surface area contributed by atoms with E-state index in [0.717, 1.165) is 11.8 Å². The summed E-state index contributed by atoms with van der Waals surface area (Å²) in [7, 11) is 0. The van der Waals surface area contributed by atoms with Crippen LogP contribution >= 0.6 is 11.6 Å². The first-order valence-electron chi connectivity index (χ1n) is 6.19. The van der Waals surface area contributed by atoms with Crippen LogP contribution in [0.3, 0.4) is 0 Å². The summed E-state index contributed by atoms with van der Waals surface area (Å²) in [5.41, 5.74) is 0.0173. The number of halogens is 1. The molecule has 2 rings (SSSR count). The second kappa shape index (κ2) is 5.97. The van der Waals surface area contributed by atoms with Gasteiger partial charge < -0.3 is 9.73 Å². The molecule has 1 unspecified atom stereocenters. The van der Waals surface area contributed by atoms with Crippen LogP contribution in [0.4, 0.5) is 5.69 Å². The summed E-state index contributed by atoms with van der Waals surface area (Å²) in [5, 5.41) is 13.4. The molecule has 0 saturated heterocycles. The minimum absolute atomic E-state index is 0.0320. The molecule has 1 amide bonds. The van der Waals surface area contributed by atoms with Crippen LogP contribution in [0.1, 0.15) is 34.8 Å². The van der Waals surface area contributed by atoms with Gasteiger partial charge >= 0.3 is 0 Å². The molecule has 0 spiro atoms. The Bertz CT molecular complexity index is 696. The van der Waals surface area contributed by atoms with E-state index in [1.165, 1.54) is 12.1 Å². The molecule has 0 radical (unpaired) electrons. The SMILES string of the molecule is Cc1ccc(C(C)NC(=O)c2ccc([N+](=O)[O-])cc2Cl)o1. The Labute approximate surface area is 125 Å². The standard InChI is InChI=1S/C14H13ClN2O4/c1-8-3-6-13(21-8)9(2)16-14(18)11-5-4-10(17(19)20)7-12(11)15/h3-7,9H,1-2H3,(H,16,18). The molecule has 0 aliphatic rings. The highest BCUT2D eigenvalue weighted by Gasteiger charge is 2.18. The fourth-order valence-corrected chi connectivity index (χ4v) is 2.09. The lowest BCUT2D eigenvalue weighted by Crippen LogP contribution is -2.26. The number of benzene rings is 1. The molecular formula is C14H13ClN2O4. The summed E-state index contributed by atoms with van der Waals surface area (Å²) in [6, 6.07) is 6.96. The summed E-state index contributed by atoms with van der Waals surface area (Å²) >= 11 is 5.91. The Morgan fingerprint density at radius 1 is 1.38 bits per heavy atom. The van der Waals surface area contributed by atoms with E-state index in [0.29, 0.717) is 5.76 Å². The van der Waals surface area contributed by atoms with Crippen molar-refractivity contribution in [2.45, 2.75) is 19.9 Å². The highest BCUT2D eigenvalue weighted by molar-refractivity contribution is 6.34. The van der Waals surface area contributed by atoms with E-state index in [1.807, 2.05) is 6.92 Å². The third kappa shape index (κ3) is 3.41. The molecule has 0 fully saturated rings. The van der Waals surface area contributed by atoms with Crippen molar-refractivity contribution >= 4 is 23.2 Å². The van der Waals surface area contributed by atoms with E-state index in [1.54, 1.807) is 19.1 Å². The molecule has 0 saturated carbocycles. The van der Waals surface area contributed by atoms with Crippen molar-refractivity contribution in [1.29, 1.82) is 0 Å². The van der Waals surface area contributed by atoms with Crippen molar-refractivity contribution in [3.05, 3.63) is 62.6 Å². The molecular weight excluding hydrogens is 296 g/mol. The zero-order valence-electron chi connectivity index (χ0n) is 11.4. The number of nitro groups is 1. The van der Waals surface area contributed by atoms with Gasteiger partial charge in [0.25, 0.3) is 11.6 Å². The van der Waals surface area contributed by atoms with Crippen LogP contribution in [0.5, 0.6) is 0 Å². The monoisotopic (exact) mass is 308 g/mol. The smallest absolute Gasteiger partial charge is 0.270 e. The Balaban J connectivity index is 2.15. The van der Waals surface area contributed by atoms with Crippen LogP contribution in [0.15, 0.2) is 34.7 Å². The summed E-state index contributed by atoms with van der Waals surface area (Å²) < 4.78 is 5.43. The van der Waals surface area contributed by atoms with Crippen molar-refractivity contribution in [1.82, 2.24) is 5.32 Å². The molecule has 1 atom stereocenters. The van der Waals surface area contributed by atoms with Crippen molar-refractivity contribution in [2.75, 3.05) is 0 Å². The molecule has 0 bridgehead atoms. The lowest BCUT2D eigenvalue weighted by atomic mass is 10.1. The second-order valence-electron chi connectivity index (χ2n) is 4.56. The number of amides is 1. The van der Waals surface area contributed by atoms with Crippen LogP contribution < -0.4 is 5.32 Å². The normalized spacial score (nSPS) is 12.0. The van der Waals surface area contributed by atoms with Gasteiger partial charge in [-0.2, -0.15) is 0 Å². The number of non-ortho nitro benzene ring substituents is 1. The highest BCUT2D eigenvalue weighted by atomic mass is 35.5. The first kappa shape index (κ1) is 15.1. The van der Waals surface area contributed by atoms with Crippen LogP contribution in [0.25, 0.3) is 0 Å². The molecule has 1 aromatic carbocycles. The molecule has 2 aromatic rings. The Kier molecular flexibility index (Phi) is 4.28. The van der Waals surface area contributed by atoms with E-state index in [4.69, 9.17) is 16.0 Å². The largest absolute Gasteiger partial charge is 0.464 e. The van der Waals surface area contributed by atoms with E-state index in [9.17, 15) is 14.9 Å². The summed E-state index contributed by atoms with van der Waals surface area (Å²) in [4.78, 5) is 22.2. The van der Waals surface area contributed by atoms with Crippen molar-refractivity contribution in [3.8, 4) is 0 Å². The molecule has 6 nitrogen and oxygen atoms in total. The predicted octanol–water partition coefficient (Wildman–Crippen LogP) is 3.64. The molecule has 21 heavy (non-hydrogen) atoms. The summed E-state index contributed by atoms with van der Waals surface area (Å²) in [6.07, 6.45) is 0. The first-order chi connectivity index (χ1) is 9.88. The molecule has 1 aromatic heterocycles. The number of hydrogen-bond acceptors (Lipinski definition) is 4. The molecule has 7 heteroatoms. The lowest BCUT2D eigenvalue weighted by molar-refractivity contribution is -0.384. The van der Waals surface area contributed by atoms with Gasteiger partial charge in [-0.25, -0.2) is 0 Å². The van der Waals surface area contributed by atoms with Gasteiger partial charge in [0.05, 0.1) is 21.6 Å². The molecule has 1 heterocycles. The zero-order valence-corrected chi connectivity index (χ0v) is 12.2. The first-order valence-corrected chi connectivity index (χ1v) is 6.57. The van der Waals surface area contributed by atoms with Gasteiger partial charge in [-0.1, -0.05) is 11.6 Å². The molecule has 0 aliphatic heterocycles. The number of nitro benzene ring substituents is 1. The topological polar surface area (TPSA) is 85.4 Å². The average molecular weight is 309 g/mol. The quantitative estimate of drug-likeness (QED) is 0.690. The lowest BCUT2D eigenvalue weighted by Gasteiger charge is -2.12. The Hall–Kier alpha value is -2.34. The maximum atomic E-state index is 12.1. The summed E-state index contributed by atoms with van der Waals surface area (Å²) in [6.45, 7) is 3.58. The highest BCUT2D eigenvalue weighted by Crippen LogP contribution is 2.23. The van der Waals surface area contributed by atoms with Crippen LogP contribution in [-0.4, -0.2) is 10.8 Å². The number of carbonyl (C=O) groups excluding carboxylic acids is 1. The van der Waals surface area contributed by atoms with Crippen LogP contribution in [-0.2, 0) is 0 Å². The van der Waals surface area contributed by atoms with Gasteiger partial charge in [-0.3, -0.25) is 14.9 Å². The second-order valence-corrected chi connectivity index (χ2v) is 4.97. The van der Waals surface area contributed by atoms with Crippen molar-refractivity contribution < 1.29 is 14.1 Å². The van der Waals surface area contributed by atoms with E-state index in [-0.39, 0.29) is 22.3 Å². The molecule has 1 N–H and O–H groups in total. The van der Waals surface area contributed by atoms with Crippen molar-refractivity contribution in [3.63, 3.8) is 0 Å². The third-order valence-electron chi connectivity index (χ3n) is 2.94. The number of nitrogens with one attached hydrogen (secondary N) is 1. The Morgan fingerprint density at radius 3 is 2.62 bits per heavy atom. The number of aryl methyl sites for hydroxylation is 1. The fourth-order valence-electron chi connectivity index (χ4n) is 1.83. The van der Waals surface area contributed by atoms with Crippen LogP contribution in [0, 0.1) is 17.0 Å². The van der Waals surface area contributed by atoms with Crippen LogP contribution in [0.2, 0.25) is 5.02 Å². The van der Waals surface area contributed by atoms with Gasteiger partial charge in [-0.05, 0) is 32.0 Å². The Morgan fingerprint density at radius 2 is 2.10 bits per heavy atom. The predicted molar refractivity (Wildman–Crippen MR) is 77.4 cm³/mol. The maximum absolute atomic E-state index is 12.1. The number of hydrogen-bond donors (Lipinski definition) is 1. The minimum Gasteiger partial charge on any atom is -0.464 e. The van der Waals surface area contributed by atoms with E-state index >= 15 is 0 Å². The molecule has 0 aliphatic carbocycles. The van der Waals surface area contributed by atoms with E-state index < -0.39 is 10.8 Å². The molecule has 110 valence electrons. The number of rotatable bonds is 4. The fraction of sp³-hybridized carbons (Fsp3) is 0.214. The zero-order chi connectivity index (χ0) is 15.6.